The summed E-state index contributed by atoms with van der Waals surface area (Å²) in [5.74, 6) is 0.00731. The van der Waals surface area contributed by atoms with Crippen LogP contribution in [0.5, 0.6) is 0 Å². The van der Waals surface area contributed by atoms with Gasteiger partial charge < -0.3 is 5.32 Å². The number of benzene rings is 2. The first-order valence-corrected chi connectivity index (χ1v) is 10.0. The molecule has 2 unspecified atom stereocenters. The van der Waals surface area contributed by atoms with Crippen LogP contribution in [0, 0.1) is 0 Å². The fourth-order valence-corrected chi connectivity index (χ4v) is 5.89. The SMILES string of the molecule is O=C1CCC2(C(=O)NC3CCCc4ccccc43)Sc3ccccc3N12. The second kappa shape index (κ2) is 5.88. The van der Waals surface area contributed by atoms with Crippen LogP contribution in [0.4, 0.5) is 5.69 Å². The van der Waals surface area contributed by atoms with Gasteiger partial charge in [0, 0.05) is 11.3 Å². The molecule has 1 saturated heterocycles. The van der Waals surface area contributed by atoms with E-state index >= 15 is 0 Å². The number of para-hydroxylation sites is 1. The number of anilines is 1. The van der Waals surface area contributed by atoms with E-state index in [1.807, 2.05) is 30.3 Å². The molecule has 2 aliphatic heterocycles. The molecule has 1 aliphatic carbocycles. The van der Waals surface area contributed by atoms with E-state index in [1.54, 1.807) is 4.90 Å². The molecule has 5 heteroatoms. The standard InChI is InChI=1S/C21H20N2O2S/c24-19-12-13-21(23(19)17-10-3-4-11-18(17)26-21)20(25)22-16-9-5-7-14-6-1-2-8-15(14)16/h1-4,6,8,10-11,16H,5,7,9,12-13H2,(H,22,25). The number of thioether (sulfide) groups is 1. The minimum absolute atomic E-state index is 0.0312. The van der Waals surface area contributed by atoms with E-state index in [2.05, 4.69) is 23.5 Å². The second-order valence-corrected chi connectivity index (χ2v) is 8.52. The first-order valence-electron chi connectivity index (χ1n) is 9.19. The lowest BCUT2D eigenvalue weighted by atomic mass is 9.87. The lowest BCUT2D eigenvalue weighted by Crippen LogP contribution is -2.53. The number of fused-ring (bicyclic) bond motifs is 4. The summed E-state index contributed by atoms with van der Waals surface area (Å²) >= 11 is 1.53. The zero-order valence-corrected chi connectivity index (χ0v) is 15.2. The van der Waals surface area contributed by atoms with Crippen molar-refractivity contribution in [1.29, 1.82) is 0 Å². The molecule has 0 radical (unpaired) electrons. The maximum atomic E-state index is 13.4. The number of hydrogen-bond donors (Lipinski definition) is 1. The van der Waals surface area contributed by atoms with Crippen molar-refractivity contribution in [2.24, 2.45) is 0 Å². The van der Waals surface area contributed by atoms with Crippen molar-refractivity contribution in [2.75, 3.05) is 4.90 Å². The average molecular weight is 364 g/mol. The molecule has 4 nitrogen and oxygen atoms in total. The van der Waals surface area contributed by atoms with Gasteiger partial charge >= 0.3 is 0 Å². The minimum Gasteiger partial charge on any atom is -0.346 e. The molecule has 0 saturated carbocycles. The molecule has 1 fully saturated rings. The Balaban J connectivity index is 1.47. The summed E-state index contributed by atoms with van der Waals surface area (Å²) in [7, 11) is 0. The molecular weight excluding hydrogens is 344 g/mol. The van der Waals surface area contributed by atoms with Crippen molar-refractivity contribution in [2.45, 2.75) is 47.9 Å². The molecule has 1 N–H and O–H groups in total. The lowest BCUT2D eigenvalue weighted by Gasteiger charge is -2.33. The van der Waals surface area contributed by atoms with Crippen molar-refractivity contribution < 1.29 is 9.59 Å². The summed E-state index contributed by atoms with van der Waals surface area (Å²) in [4.78, 5) is 27.9. The molecule has 5 rings (SSSR count). The van der Waals surface area contributed by atoms with E-state index < -0.39 is 4.87 Å². The fourth-order valence-electron chi connectivity index (χ4n) is 4.47. The Hall–Kier alpha value is -2.27. The van der Waals surface area contributed by atoms with Crippen molar-refractivity contribution in [3.05, 3.63) is 59.7 Å². The summed E-state index contributed by atoms with van der Waals surface area (Å²) in [6.07, 6.45) is 4.08. The zero-order valence-electron chi connectivity index (χ0n) is 14.4. The molecule has 0 aromatic heterocycles. The van der Waals surface area contributed by atoms with E-state index in [9.17, 15) is 9.59 Å². The topological polar surface area (TPSA) is 49.4 Å². The van der Waals surface area contributed by atoms with Gasteiger partial charge in [0.1, 0.15) is 0 Å². The van der Waals surface area contributed by atoms with Gasteiger partial charge in [0.15, 0.2) is 4.87 Å². The second-order valence-electron chi connectivity index (χ2n) is 7.20. The summed E-state index contributed by atoms with van der Waals surface area (Å²) in [6.45, 7) is 0. The van der Waals surface area contributed by atoms with Crippen LogP contribution in [0.1, 0.15) is 42.9 Å². The fraction of sp³-hybridized carbons (Fsp3) is 0.333. The Morgan fingerprint density at radius 1 is 1.12 bits per heavy atom. The van der Waals surface area contributed by atoms with Crippen LogP contribution in [0.25, 0.3) is 0 Å². The number of nitrogens with one attached hydrogen (secondary N) is 1. The highest BCUT2D eigenvalue weighted by molar-refractivity contribution is 8.02. The third-order valence-corrected chi connectivity index (χ3v) is 7.18. The quantitative estimate of drug-likeness (QED) is 0.882. The maximum absolute atomic E-state index is 13.4. The van der Waals surface area contributed by atoms with Gasteiger partial charge in [0.25, 0.3) is 5.91 Å². The molecule has 2 amide bonds. The van der Waals surface area contributed by atoms with E-state index in [-0.39, 0.29) is 17.9 Å². The van der Waals surface area contributed by atoms with Crippen LogP contribution >= 0.6 is 11.8 Å². The van der Waals surface area contributed by atoms with E-state index in [4.69, 9.17) is 0 Å². The Labute approximate surface area is 157 Å². The molecule has 132 valence electrons. The van der Waals surface area contributed by atoms with Crippen molar-refractivity contribution in [3.8, 4) is 0 Å². The van der Waals surface area contributed by atoms with Gasteiger partial charge in [-0.2, -0.15) is 0 Å². The number of rotatable bonds is 2. The monoisotopic (exact) mass is 364 g/mol. The number of carbonyl (C=O) groups is 2. The molecule has 26 heavy (non-hydrogen) atoms. The van der Waals surface area contributed by atoms with E-state index in [0.717, 1.165) is 29.8 Å². The summed E-state index contributed by atoms with van der Waals surface area (Å²) in [5.41, 5.74) is 3.42. The van der Waals surface area contributed by atoms with Gasteiger partial charge in [0.2, 0.25) is 5.91 Å². The van der Waals surface area contributed by atoms with Crippen molar-refractivity contribution in [3.63, 3.8) is 0 Å². The highest BCUT2D eigenvalue weighted by Crippen LogP contribution is 2.56. The smallest absolute Gasteiger partial charge is 0.257 e. The van der Waals surface area contributed by atoms with Gasteiger partial charge in [-0.25, -0.2) is 0 Å². The Bertz CT molecular complexity index is 912. The normalized spacial score (nSPS) is 26.2. The van der Waals surface area contributed by atoms with Crippen LogP contribution in [-0.2, 0) is 16.0 Å². The highest BCUT2D eigenvalue weighted by Gasteiger charge is 2.57. The van der Waals surface area contributed by atoms with Gasteiger partial charge in [-0.15, -0.1) is 0 Å². The predicted molar refractivity (Wildman–Crippen MR) is 102 cm³/mol. The molecule has 2 heterocycles. The Kier molecular flexibility index (Phi) is 3.60. The number of amides is 2. The molecular formula is C21H20N2O2S. The molecule has 0 bridgehead atoms. The largest absolute Gasteiger partial charge is 0.346 e. The number of carbonyl (C=O) groups excluding carboxylic acids is 2. The summed E-state index contributed by atoms with van der Waals surface area (Å²) < 4.78 is 0. The molecule has 2 atom stereocenters. The van der Waals surface area contributed by atoms with Crippen LogP contribution in [0.15, 0.2) is 53.4 Å². The van der Waals surface area contributed by atoms with E-state index in [1.165, 1.54) is 22.9 Å². The number of hydrogen-bond acceptors (Lipinski definition) is 3. The van der Waals surface area contributed by atoms with Crippen LogP contribution < -0.4 is 10.2 Å². The average Bonchev–Trinajstić information content (AvgIpc) is 3.18. The first kappa shape index (κ1) is 15.9. The highest BCUT2D eigenvalue weighted by atomic mass is 32.2. The van der Waals surface area contributed by atoms with Gasteiger partial charge in [-0.1, -0.05) is 48.2 Å². The molecule has 2 aromatic carbocycles. The van der Waals surface area contributed by atoms with Gasteiger partial charge in [0.05, 0.1) is 11.7 Å². The first-order chi connectivity index (χ1) is 12.7. The Morgan fingerprint density at radius 2 is 1.92 bits per heavy atom. The predicted octanol–water partition coefficient (Wildman–Crippen LogP) is 3.81. The maximum Gasteiger partial charge on any atom is 0.257 e. The van der Waals surface area contributed by atoms with E-state index in [0.29, 0.717) is 12.8 Å². The lowest BCUT2D eigenvalue weighted by molar-refractivity contribution is -0.125. The number of aryl methyl sites for hydroxylation is 1. The number of nitrogens with zero attached hydrogens (tertiary/aromatic N) is 1. The Morgan fingerprint density at radius 3 is 2.85 bits per heavy atom. The third kappa shape index (κ3) is 2.23. The van der Waals surface area contributed by atoms with Crippen LogP contribution in [-0.4, -0.2) is 16.7 Å². The molecule has 3 aliphatic rings. The van der Waals surface area contributed by atoms with Crippen LogP contribution in [0.2, 0.25) is 0 Å². The van der Waals surface area contributed by atoms with Crippen molar-refractivity contribution >= 4 is 29.3 Å². The van der Waals surface area contributed by atoms with Crippen LogP contribution in [0.3, 0.4) is 0 Å². The van der Waals surface area contributed by atoms with Crippen molar-refractivity contribution in [1.82, 2.24) is 5.32 Å². The third-order valence-electron chi connectivity index (χ3n) is 5.70. The zero-order chi connectivity index (χ0) is 17.7. The van der Waals surface area contributed by atoms with Gasteiger partial charge in [-0.3, -0.25) is 14.5 Å². The molecule has 0 spiro atoms. The van der Waals surface area contributed by atoms with Gasteiger partial charge in [-0.05, 0) is 48.9 Å². The summed E-state index contributed by atoms with van der Waals surface area (Å²) in [6, 6.07) is 16.2. The molecule has 2 aromatic rings. The summed E-state index contributed by atoms with van der Waals surface area (Å²) in [5, 5.41) is 3.28. The minimum atomic E-state index is -0.826.